The lowest BCUT2D eigenvalue weighted by Crippen LogP contribution is -2.21. The third-order valence-electron chi connectivity index (χ3n) is 2.90. The van der Waals surface area contributed by atoms with Crippen molar-refractivity contribution in [2.24, 2.45) is 0 Å². The Labute approximate surface area is 111 Å². The van der Waals surface area contributed by atoms with Crippen molar-refractivity contribution in [1.29, 1.82) is 0 Å². The largest absolute Gasteiger partial charge is 0.497 e. The number of nitrogen functional groups attached to an aromatic ring is 1. The summed E-state index contributed by atoms with van der Waals surface area (Å²) in [7, 11) is 1.54. The smallest absolute Gasteiger partial charge is 0.327 e. The molecule has 0 spiro atoms. The number of anilines is 1. The number of hydrogen-bond donors (Lipinski definition) is 4. The molecule has 0 radical (unpaired) electrons. The van der Waals surface area contributed by atoms with Crippen LogP contribution in [0.3, 0.4) is 0 Å². The molecular weight excluding hydrogens is 262 g/mol. The number of methoxy groups -OCH3 is 1. The number of aromatic amines is 3. The zero-order valence-electron chi connectivity index (χ0n) is 10.5. The van der Waals surface area contributed by atoms with Crippen LogP contribution < -0.4 is 21.7 Å². The molecule has 0 amide bonds. The van der Waals surface area contributed by atoms with Crippen molar-refractivity contribution in [3.05, 3.63) is 39.0 Å². The Morgan fingerprint density at radius 3 is 2.70 bits per heavy atom. The Morgan fingerprint density at radius 1 is 1.20 bits per heavy atom. The molecule has 3 aromatic rings. The highest BCUT2D eigenvalue weighted by Crippen LogP contribution is 2.27. The molecule has 0 bridgehead atoms. The number of nitrogens with two attached hydrogens (primary N) is 1. The molecule has 20 heavy (non-hydrogen) atoms. The van der Waals surface area contributed by atoms with E-state index in [0.29, 0.717) is 22.8 Å². The van der Waals surface area contributed by atoms with Crippen LogP contribution in [0.2, 0.25) is 0 Å². The molecule has 2 aromatic heterocycles. The summed E-state index contributed by atoms with van der Waals surface area (Å²) in [6.07, 6.45) is 0. The second-order valence-corrected chi connectivity index (χ2v) is 4.17. The highest BCUT2D eigenvalue weighted by Gasteiger charge is 2.12. The molecule has 0 unspecified atom stereocenters. The van der Waals surface area contributed by atoms with Gasteiger partial charge >= 0.3 is 5.69 Å². The summed E-state index contributed by atoms with van der Waals surface area (Å²) in [4.78, 5) is 34.4. The maximum Gasteiger partial charge on any atom is 0.327 e. The van der Waals surface area contributed by atoms with Crippen LogP contribution in [0.1, 0.15) is 0 Å². The summed E-state index contributed by atoms with van der Waals surface area (Å²) < 4.78 is 5.07. The highest BCUT2D eigenvalue weighted by molar-refractivity contribution is 5.80. The van der Waals surface area contributed by atoms with Crippen LogP contribution in [0.15, 0.2) is 27.8 Å². The van der Waals surface area contributed by atoms with E-state index in [-0.39, 0.29) is 11.2 Å². The van der Waals surface area contributed by atoms with E-state index < -0.39 is 11.2 Å². The fourth-order valence-corrected chi connectivity index (χ4v) is 1.94. The molecule has 3 rings (SSSR count). The van der Waals surface area contributed by atoms with Crippen LogP contribution in [-0.2, 0) is 0 Å². The summed E-state index contributed by atoms with van der Waals surface area (Å²) in [6.45, 7) is 0. The Balaban J connectivity index is 2.22. The maximum atomic E-state index is 11.6. The maximum absolute atomic E-state index is 11.6. The molecule has 8 heteroatoms. The minimum Gasteiger partial charge on any atom is -0.497 e. The molecular formula is C12H11N5O3. The predicted octanol–water partition coefficient (Wildman–Crippen LogP) is 0.197. The first kappa shape index (κ1) is 12.0. The lowest BCUT2D eigenvalue weighted by molar-refractivity contribution is 0.415. The van der Waals surface area contributed by atoms with Crippen molar-refractivity contribution in [2.45, 2.75) is 0 Å². The molecule has 5 N–H and O–H groups in total. The van der Waals surface area contributed by atoms with E-state index in [4.69, 9.17) is 10.5 Å². The molecule has 0 aliphatic heterocycles. The molecule has 1 aromatic carbocycles. The van der Waals surface area contributed by atoms with Crippen LogP contribution in [0, 0.1) is 0 Å². The van der Waals surface area contributed by atoms with Gasteiger partial charge in [0.05, 0.1) is 7.11 Å². The van der Waals surface area contributed by atoms with Gasteiger partial charge in [0.15, 0.2) is 5.65 Å². The second kappa shape index (κ2) is 4.26. The van der Waals surface area contributed by atoms with Crippen LogP contribution >= 0.6 is 0 Å². The fraction of sp³-hybridized carbons (Fsp3) is 0.0833. The first-order valence-corrected chi connectivity index (χ1v) is 5.74. The number of ether oxygens (including phenoxy) is 1. The number of rotatable bonds is 2. The normalized spacial score (nSPS) is 10.8. The Hall–Kier alpha value is -3.03. The number of H-pyrrole nitrogens is 3. The third-order valence-corrected chi connectivity index (χ3v) is 2.90. The van der Waals surface area contributed by atoms with Gasteiger partial charge in [-0.2, -0.15) is 0 Å². The minimum absolute atomic E-state index is 0.184. The van der Waals surface area contributed by atoms with Gasteiger partial charge < -0.3 is 15.5 Å². The SMILES string of the molecule is COc1ccc(-c2nc3[nH]c(=O)[nH]c(=O)c3[nH]2)c(N)c1. The summed E-state index contributed by atoms with van der Waals surface area (Å²) in [5.74, 6) is 1.01. The van der Waals surface area contributed by atoms with Gasteiger partial charge in [-0.3, -0.25) is 14.8 Å². The van der Waals surface area contributed by atoms with Gasteiger partial charge in [0.1, 0.15) is 17.1 Å². The summed E-state index contributed by atoms with van der Waals surface area (Å²) in [5.41, 5.74) is 6.21. The van der Waals surface area contributed by atoms with E-state index in [2.05, 4.69) is 19.9 Å². The van der Waals surface area contributed by atoms with Gasteiger partial charge in [-0.25, -0.2) is 9.78 Å². The summed E-state index contributed by atoms with van der Waals surface area (Å²) in [6, 6.07) is 5.10. The molecule has 2 heterocycles. The standard InChI is InChI=1S/C12H11N5O3/c1-20-5-2-3-6(7(13)4-5)9-14-8-10(15-9)16-12(19)17-11(8)18/h2-4H,13H2,1H3,(H3,14,15,16,17,18,19). The first-order chi connectivity index (χ1) is 9.58. The highest BCUT2D eigenvalue weighted by atomic mass is 16.5. The van der Waals surface area contributed by atoms with Crippen LogP contribution in [0.5, 0.6) is 5.75 Å². The number of benzene rings is 1. The van der Waals surface area contributed by atoms with Crippen LogP contribution in [-0.4, -0.2) is 27.0 Å². The van der Waals surface area contributed by atoms with E-state index in [0.717, 1.165) is 0 Å². The van der Waals surface area contributed by atoms with Crippen molar-refractivity contribution in [3.63, 3.8) is 0 Å². The first-order valence-electron chi connectivity index (χ1n) is 5.74. The Morgan fingerprint density at radius 2 is 2.00 bits per heavy atom. The van der Waals surface area contributed by atoms with Gasteiger partial charge in [0.25, 0.3) is 5.56 Å². The van der Waals surface area contributed by atoms with Crippen LogP contribution in [0.4, 0.5) is 5.69 Å². The summed E-state index contributed by atoms with van der Waals surface area (Å²) >= 11 is 0. The minimum atomic E-state index is -0.608. The second-order valence-electron chi connectivity index (χ2n) is 4.17. The number of imidazole rings is 1. The third kappa shape index (κ3) is 1.83. The predicted molar refractivity (Wildman–Crippen MR) is 73.7 cm³/mol. The van der Waals surface area contributed by atoms with Gasteiger partial charge in [0, 0.05) is 17.3 Å². The summed E-state index contributed by atoms with van der Waals surface area (Å²) in [5, 5.41) is 0. The monoisotopic (exact) mass is 273 g/mol. The zero-order valence-corrected chi connectivity index (χ0v) is 10.5. The fourth-order valence-electron chi connectivity index (χ4n) is 1.94. The molecule has 0 aliphatic rings. The van der Waals surface area contributed by atoms with Crippen molar-refractivity contribution >= 4 is 16.9 Å². The van der Waals surface area contributed by atoms with Crippen molar-refractivity contribution in [2.75, 3.05) is 12.8 Å². The van der Waals surface area contributed by atoms with Gasteiger partial charge in [-0.15, -0.1) is 0 Å². The Kier molecular flexibility index (Phi) is 2.56. The number of nitrogens with zero attached hydrogens (tertiary/aromatic N) is 1. The molecule has 0 saturated carbocycles. The molecule has 102 valence electrons. The Bertz CT molecular complexity index is 905. The van der Waals surface area contributed by atoms with E-state index in [9.17, 15) is 9.59 Å². The zero-order chi connectivity index (χ0) is 14.3. The average Bonchev–Trinajstić information content (AvgIpc) is 2.82. The van der Waals surface area contributed by atoms with Gasteiger partial charge in [-0.05, 0) is 12.1 Å². The molecule has 0 saturated heterocycles. The topological polar surface area (TPSA) is 130 Å². The molecule has 8 nitrogen and oxygen atoms in total. The van der Waals surface area contributed by atoms with E-state index >= 15 is 0 Å². The number of aromatic nitrogens is 4. The molecule has 0 atom stereocenters. The van der Waals surface area contributed by atoms with Crippen molar-refractivity contribution in [3.8, 4) is 17.1 Å². The molecule has 0 aliphatic carbocycles. The molecule has 0 fully saturated rings. The van der Waals surface area contributed by atoms with Gasteiger partial charge in [-0.1, -0.05) is 0 Å². The van der Waals surface area contributed by atoms with E-state index in [1.54, 1.807) is 25.3 Å². The number of hydrogen-bond acceptors (Lipinski definition) is 5. The van der Waals surface area contributed by atoms with E-state index in [1.807, 2.05) is 0 Å². The quantitative estimate of drug-likeness (QED) is 0.495. The van der Waals surface area contributed by atoms with Crippen LogP contribution in [0.25, 0.3) is 22.6 Å². The lowest BCUT2D eigenvalue weighted by Gasteiger charge is -2.05. The van der Waals surface area contributed by atoms with Crippen molar-refractivity contribution in [1.82, 2.24) is 19.9 Å². The number of fused-ring (bicyclic) bond motifs is 1. The van der Waals surface area contributed by atoms with E-state index in [1.165, 1.54) is 0 Å². The average molecular weight is 273 g/mol. The van der Waals surface area contributed by atoms with Crippen molar-refractivity contribution < 1.29 is 4.74 Å². The van der Waals surface area contributed by atoms with Gasteiger partial charge in [0.2, 0.25) is 0 Å². The number of nitrogens with one attached hydrogen (secondary N) is 3. The lowest BCUT2D eigenvalue weighted by atomic mass is 10.1.